The zero-order chi connectivity index (χ0) is 22.3. The van der Waals surface area contributed by atoms with Crippen molar-refractivity contribution >= 4 is 29.3 Å². The number of nitrogens with one attached hydrogen (secondary N) is 1. The second-order valence-corrected chi connectivity index (χ2v) is 7.79. The number of thioether (sulfide) groups is 1. The van der Waals surface area contributed by atoms with Gasteiger partial charge in [-0.15, -0.1) is 10.2 Å². The van der Waals surface area contributed by atoms with Gasteiger partial charge in [0.05, 0.1) is 18.9 Å². The molecule has 4 rings (SSSR count). The van der Waals surface area contributed by atoms with Gasteiger partial charge in [0.15, 0.2) is 11.0 Å². The molecular formula is C21H23N9OS. The molecule has 3 heterocycles. The quantitative estimate of drug-likeness (QED) is 0.368. The van der Waals surface area contributed by atoms with Crippen LogP contribution in [0.2, 0.25) is 0 Å². The topological polar surface area (TPSA) is 130 Å². The van der Waals surface area contributed by atoms with Crippen molar-refractivity contribution in [1.82, 2.24) is 34.7 Å². The zero-order valence-electron chi connectivity index (χ0n) is 17.8. The van der Waals surface area contributed by atoms with Crippen LogP contribution in [0.3, 0.4) is 0 Å². The maximum atomic E-state index is 5.93. The van der Waals surface area contributed by atoms with Gasteiger partial charge in [0.2, 0.25) is 11.9 Å². The fourth-order valence-electron chi connectivity index (χ4n) is 3.02. The van der Waals surface area contributed by atoms with Crippen LogP contribution in [-0.4, -0.2) is 48.4 Å². The van der Waals surface area contributed by atoms with Crippen LogP contribution in [0.5, 0.6) is 0 Å². The molecule has 3 N–H and O–H groups in total. The fraction of sp³-hybridized carbons (Fsp3) is 0.238. The van der Waals surface area contributed by atoms with Gasteiger partial charge in [-0.2, -0.15) is 15.0 Å². The largest absolute Gasteiger partial charge is 0.383 e. The summed E-state index contributed by atoms with van der Waals surface area (Å²) in [6, 6.07) is 11.7. The first-order chi connectivity index (χ1) is 15.6. The molecule has 0 spiro atoms. The molecule has 0 aliphatic heterocycles. The maximum absolute atomic E-state index is 5.93. The summed E-state index contributed by atoms with van der Waals surface area (Å²) < 4.78 is 7.28. The highest BCUT2D eigenvalue weighted by atomic mass is 32.2. The summed E-state index contributed by atoms with van der Waals surface area (Å²) in [6.07, 6.45) is 3.46. The number of pyridine rings is 1. The Labute approximate surface area is 189 Å². The fourth-order valence-corrected chi connectivity index (χ4v) is 3.83. The monoisotopic (exact) mass is 449 g/mol. The van der Waals surface area contributed by atoms with Gasteiger partial charge >= 0.3 is 0 Å². The standard InChI is InChI=1S/C21H23N9OS/c1-14-5-3-4-6-16(14)24-20-26-17(25-19(22)27-20)13-32-21-29-28-18(30(21)11-12-31-2)15-7-9-23-10-8-15/h3-10H,11-13H2,1-2H3,(H3,22,24,25,26,27). The lowest BCUT2D eigenvalue weighted by Gasteiger charge is -2.10. The number of hydrogen-bond donors (Lipinski definition) is 2. The minimum absolute atomic E-state index is 0.157. The Kier molecular flexibility index (Phi) is 6.87. The number of nitrogens with two attached hydrogens (primary N) is 1. The lowest BCUT2D eigenvalue weighted by molar-refractivity contribution is 0.185. The molecule has 0 saturated heterocycles. The predicted molar refractivity (Wildman–Crippen MR) is 123 cm³/mol. The number of nitrogen functional groups attached to an aromatic ring is 1. The third kappa shape index (κ3) is 5.18. The van der Waals surface area contributed by atoms with Gasteiger partial charge in [0.1, 0.15) is 5.82 Å². The zero-order valence-corrected chi connectivity index (χ0v) is 18.6. The van der Waals surface area contributed by atoms with Gasteiger partial charge in [0.25, 0.3) is 0 Å². The molecule has 11 heteroatoms. The number of para-hydroxylation sites is 1. The van der Waals surface area contributed by atoms with Crippen LogP contribution in [0.4, 0.5) is 17.6 Å². The van der Waals surface area contributed by atoms with E-state index in [9.17, 15) is 0 Å². The summed E-state index contributed by atoms with van der Waals surface area (Å²) in [5, 5.41) is 12.7. The van der Waals surface area contributed by atoms with Crippen molar-refractivity contribution < 1.29 is 4.74 Å². The lowest BCUT2D eigenvalue weighted by atomic mass is 10.2. The van der Waals surface area contributed by atoms with Crippen LogP contribution in [0.1, 0.15) is 11.4 Å². The van der Waals surface area contributed by atoms with Crippen LogP contribution in [0.15, 0.2) is 53.9 Å². The van der Waals surface area contributed by atoms with Crippen molar-refractivity contribution in [1.29, 1.82) is 0 Å². The number of hydrogen-bond acceptors (Lipinski definition) is 10. The average molecular weight is 450 g/mol. The molecule has 0 aliphatic rings. The van der Waals surface area contributed by atoms with Crippen molar-refractivity contribution in [2.24, 2.45) is 0 Å². The van der Waals surface area contributed by atoms with E-state index in [1.54, 1.807) is 19.5 Å². The van der Waals surface area contributed by atoms with Gasteiger partial charge < -0.3 is 15.8 Å². The molecule has 10 nitrogen and oxygen atoms in total. The number of rotatable bonds is 9. The van der Waals surface area contributed by atoms with E-state index < -0.39 is 0 Å². The highest BCUT2D eigenvalue weighted by Gasteiger charge is 2.15. The van der Waals surface area contributed by atoms with E-state index in [4.69, 9.17) is 10.5 Å². The summed E-state index contributed by atoms with van der Waals surface area (Å²) >= 11 is 1.47. The van der Waals surface area contributed by atoms with Crippen LogP contribution in [-0.2, 0) is 17.0 Å². The van der Waals surface area contributed by atoms with E-state index in [0.29, 0.717) is 30.7 Å². The summed E-state index contributed by atoms with van der Waals surface area (Å²) in [5.41, 5.74) is 8.86. The van der Waals surface area contributed by atoms with Crippen molar-refractivity contribution in [2.45, 2.75) is 24.4 Å². The van der Waals surface area contributed by atoms with Crippen LogP contribution >= 0.6 is 11.8 Å². The summed E-state index contributed by atoms with van der Waals surface area (Å²) in [5.74, 6) is 2.32. The summed E-state index contributed by atoms with van der Waals surface area (Å²) in [6.45, 7) is 3.16. The second-order valence-electron chi connectivity index (χ2n) is 6.85. The van der Waals surface area contributed by atoms with Gasteiger partial charge in [-0.25, -0.2) is 0 Å². The molecule has 0 saturated carbocycles. The Morgan fingerprint density at radius 3 is 2.66 bits per heavy atom. The third-order valence-electron chi connectivity index (χ3n) is 4.60. The first-order valence-corrected chi connectivity index (χ1v) is 10.9. The molecule has 0 amide bonds. The molecule has 0 aliphatic carbocycles. The molecule has 0 unspecified atom stereocenters. The van der Waals surface area contributed by atoms with E-state index in [-0.39, 0.29) is 5.95 Å². The predicted octanol–water partition coefficient (Wildman–Crippen LogP) is 3.10. The van der Waals surface area contributed by atoms with Crippen molar-refractivity contribution in [3.63, 3.8) is 0 Å². The van der Waals surface area contributed by atoms with E-state index in [2.05, 4.69) is 35.5 Å². The average Bonchev–Trinajstić information content (AvgIpc) is 3.21. The number of benzene rings is 1. The normalized spacial score (nSPS) is 10.9. The minimum Gasteiger partial charge on any atom is -0.383 e. The first kappa shape index (κ1) is 21.7. The Bertz CT molecular complexity index is 1180. The summed E-state index contributed by atoms with van der Waals surface area (Å²) in [4.78, 5) is 17.1. The van der Waals surface area contributed by atoms with Gasteiger partial charge in [-0.3, -0.25) is 9.55 Å². The molecule has 164 valence electrons. The third-order valence-corrected chi connectivity index (χ3v) is 5.56. The first-order valence-electron chi connectivity index (χ1n) is 9.92. The van der Waals surface area contributed by atoms with E-state index in [1.807, 2.05) is 47.9 Å². The summed E-state index contributed by atoms with van der Waals surface area (Å²) in [7, 11) is 1.67. The number of methoxy groups -OCH3 is 1. The SMILES string of the molecule is COCCn1c(SCc2nc(N)nc(Nc3ccccc3C)n2)nnc1-c1ccncc1. The molecule has 3 aromatic heterocycles. The molecule has 1 aromatic carbocycles. The van der Waals surface area contributed by atoms with Crippen molar-refractivity contribution in [3.05, 3.63) is 60.2 Å². The van der Waals surface area contributed by atoms with Gasteiger partial charge in [-0.1, -0.05) is 30.0 Å². The van der Waals surface area contributed by atoms with Crippen molar-refractivity contribution in [3.8, 4) is 11.4 Å². The van der Waals surface area contributed by atoms with E-state index in [0.717, 1.165) is 27.8 Å². The van der Waals surface area contributed by atoms with Crippen molar-refractivity contribution in [2.75, 3.05) is 24.8 Å². The maximum Gasteiger partial charge on any atom is 0.232 e. The van der Waals surface area contributed by atoms with Gasteiger partial charge in [-0.05, 0) is 30.7 Å². The number of ether oxygens (including phenoxy) is 1. The lowest BCUT2D eigenvalue weighted by Crippen LogP contribution is -2.09. The highest BCUT2D eigenvalue weighted by Crippen LogP contribution is 2.26. The molecule has 0 bridgehead atoms. The Balaban J connectivity index is 1.54. The van der Waals surface area contributed by atoms with Crippen LogP contribution in [0.25, 0.3) is 11.4 Å². The number of nitrogens with zero attached hydrogens (tertiary/aromatic N) is 7. The van der Waals surface area contributed by atoms with Gasteiger partial charge in [0, 0.05) is 30.8 Å². The highest BCUT2D eigenvalue weighted by molar-refractivity contribution is 7.98. The number of anilines is 3. The Hall–Kier alpha value is -3.57. The van der Waals surface area contributed by atoms with Crippen LogP contribution in [0, 0.1) is 6.92 Å². The van der Waals surface area contributed by atoms with E-state index in [1.165, 1.54) is 11.8 Å². The Morgan fingerprint density at radius 1 is 1.06 bits per heavy atom. The Morgan fingerprint density at radius 2 is 1.88 bits per heavy atom. The molecule has 4 aromatic rings. The molecule has 32 heavy (non-hydrogen) atoms. The molecule has 0 radical (unpaired) electrons. The molecule has 0 fully saturated rings. The smallest absolute Gasteiger partial charge is 0.232 e. The number of aryl methyl sites for hydroxylation is 1. The number of aromatic nitrogens is 7. The van der Waals surface area contributed by atoms with Crippen LogP contribution < -0.4 is 11.1 Å². The second kappa shape index (κ2) is 10.2. The van der Waals surface area contributed by atoms with E-state index >= 15 is 0 Å². The molecule has 0 atom stereocenters. The minimum atomic E-state index is 0.157. The molecular weight excluding hydrogens is 426 g/mol.